The number of aliphatic hydroxyl groups excluding tert-OH is 1. The molecule has 0 spiro atoms. The second-order valence-electron chi connectivity index (χ2n) is 4.47. The molecule has 84 valence electrons. The summed E-state index contributed by atoms with van der Waals surface area (Å²) in [6.07, 6.45) is 4.10. The van der Waals surface area contributed by atoms with Gasteiger partial charge in [0.05, 0.1) is 6.61 Å². The van der Waals surface area contributed by atoms with Crippen LogP contribution in [0.1, 0.15) is 26.2 Å². The number of aliphatic hydroxyl groups is 1. The van der Waals surface area contributed by atoms with Gasteiger partial charge in [0, 0.05) is 25.7 Å². The molecule has 2 aliphatic rings. The summed E-state index contributed by atoms with van der Waals surface area (Å²) in [5.74, 6) is 0.539. The first-order chi connectivity index (χ1) is 7.13. The van der Waals surface area contributed by atoms with Crippen LogP contribution >= 0.6 is 0 Å². The Morgan fingerprint density at radius 1 is 1.53 bits per heavy atom. The normalized spacial score (nSPS) is 31.5. The standard InChI is InChI=1S/C11H17FN2O/c1-11(12)6-9(8-15)7-13-10(11)14-4-2-3-5-14/h7,15H,2-6,8H2,1H3. The minimum absolute atomic E-state index is 0.101. The van der Waals surface area contributed by atoms with Crippen LogP contribution < -0.4 is 0 Å². The Bertz CT molecular complexity index is 304. The van der Waals surface area contributed by atoms with E-state index in [9.17, 15) is 4.39 Å². The van der Waals surface area contributed by atoms with Gasteiger partial charge in [-0.05, 0) is 25.3 Å². The average molecular weight is 212 g/mol. The molecule has 0 aliphatic carbocycles. The van der Waals surface area contributed by atoms with Crippen LogP contribution in [0.15, 0.2) is 16.8 Å². The molecule has 0 bridgehead atoms. The number of rotatable bonds is 1. The Balaban J connectivity index is 2.21. The van der Waals surface area contributed by atoms with Gasteiger partial charge in [0.2, 0.25) is 0 Å². The van der Waals surface area contributed by atoms with Crippen molar-refractivity contribution in [1.29, 1.82) is 0 Å². The monoisotopic (exact) mass is 212 g/mol. The summed E-state index contributed by atoms with van der Waals surface area (Å²) in [4.78, 5) is 6.18. The molecular weight excluding hydrogens is 195 g/mol. The average Bonchev–Trinajstić information content (AvgIpc) is 2.69. The van der Waals surface area contributed by atoms with Crippen molar-refractivity contribution in [3.05, 3.63) is 11.8 Å². The molecular formula is C11H17FN2O. The third kappa shape index (κ3) is 2.04. The van der Waals surface area contributed by atoms with E-state index < -0.39 is 5.67 Å². The summed E-state index contributed by atoms with van der Waals surface area (Å²) in [6.45, 7) is 3.25. The molecule has 1 fully saturated rings. The van der Waals surface area contributed by atoms with Crippen LogP contribution in [0.2, 0.25) is 0 Å². The van der Waals surface area contributed by atoms with Gasteiger partial charge < -0.3 is 10.0 Å². The van der Waals surface area contributed by atoms with Gasteiger partial charge in [0.15, 0.2) is 5.67 Å². The van der Waals surface area contributed by atoms with Crippen LogP contribution in [0.25, 0.3) is 0 Å². The maximum absolute atomic E-state index is 14.3. The van der Waals surface area contributed by atoms with Crippen LogP contribution in [0.3, 0.4) is 0 Å². The van der Waals surface area contributed by atoms with Gasteiger partial charge in [-0.2, -0.15) is 0 Å². The molecule has 15 heavy (non-hydrogen) atoms. The van der Waals surface area contributed by atoms with E-state index in [0.29, 0.717) is 11.4 Å². The molecule has 3 nitrogen and oxygen atoms in total. The summed E-state index contributed by atoms with van der Waals surface area (Å²) in [6, 6.07) is 0. The number of halogens is 1. The van der Waals surface area contributed by atoms with Crippen LogP contribution in [-0.2, 0) is 0 Å². The van der Waals surface area contributed by atoms with Crippen molar-refractivity contribution in [1.82, 2.24) is 4.90 Å². The van der Waals surface area contributed by atoms with E-state index in [0.717, 1.165) is 25.9 Å². The van der Waals surface area contributed by atoms with Crippen LogP contribution in [0, 0.1) is 0 Å². The quantitative estimate of drug-likeness (QED) is 0.714. The third-order valence-electron chi connectivity index (χ3n) is 3.00. The van der Waals surface area contributed by atoms with Crippen molar-refractivity contribution in [3.63, 3.8) is 0 Å². The molecule has 1 atom stereocenters. The maximum atomic E-state index is 14.3. The third-order valence-corrected chi connectivity index (χ3v) is 3.00. The van der Waals surface area contributed by atoms with E-state index in [2.05, 4.69) is 4.99 Å². The lowest BCUT2D eigenvalue weighted by molar-refractivity contribution is 0.234. The Morgan fingerprint density at radius 3 is 2.73 bits per heavy atom. The molecule has 0 aromatic carbocycles. The van der Waals surface area contributed by atoms with Crippen molar-refractivity contribution in [2.45, 2.75) is 31.9 Å². The van der Waals surface area contributed by atoms with E-state index in [1.54, 1.807) is 13.1 Å². The lowest BCUT2D eigenvalue weighted by Gasteiger charge is -2.32. The van der Waals surface area contributed by atoms with Crippen molar-refractivity contribution in [2.75, 3.05) is 19.7 Å². The van der Waals surface area contributed by atoms with Crippen LogP contribution in [0.5, 0.6) is 0 Å². The lowest BCUT2D eigenvalue weighted by Crippen LogP contribution is -2.44. The largest absolute Gasteiger partial charge is 0.392 e. The fraction of sp³-hybridized carbons (Fsp3) is 0.727. The number of hydrogen-bond donors (Lipinski definition) is 1. The van der Waals surface area contributed by atoms with Crippen LogP contribution in [0.4, 0.5) is 4.39 Å². The fourth-order valence-corrected chi connectivity index (χ4v) is 2.28. The van der Waals surface area contributed by atoms with E-state index in [1.807, 2.05) is 4.90 Å². The molecule has 0 saturated carbocycles. The van der Waals surface area contributed by atoms with Crippen molar-refractivity contribution < 1.29 is 9.50 Å². The predicted octanol–water partition coefficient (Wildman–Crippen LogP) is 1.49. The summed E-state index contributed by atoms with van der Waals surface area (Å²) in [5, 5.41) is 8.96. The van der Waals surface area contributed by atoms with Crippen molar-refractivity contribution in [3.8, 4) is 0 Å². The highest BCUT2D eigenvalue weighted by molar-refractivity contribution is 5.92. The van der Waals surface area contributed by atoms with E-state index in [4.69, 9.17) is 5.11 Å². The van der Waals surface area contributed by atoms with Gasteiger partial charge in [-0.1, -0.05) is 0 Å². The number of alkyl halides is 1. The van der Waals surface area contributed by atoms with Crippen molar-refractivity contribution >= 4 is 5.84 Å². The SMILES string of the molecule is CC1(F)CC(CO)=CN=C1N1CCCC1. The fourth-order valence-electron chi connectivity index (χ4n) is 2.28. The molecule has 0 radical (unpaired) electrons. The number of amidine groups is 1. The van der Waals surface area contributed by atoms with Gasteiger partial charge in [0.1, 0.15) is 5.84 Å². The van der Waals surface area contributed by atoms with E-state index >= 15 is 0 Å². The molecule has 0 amide bonds. The number of nitrogens with zero attached hydrogens (tertiary/aromatic N) is 2. The van der Waals surface area contributed by atoms with Gasteiger partial charge in [-0.15, -0.1) is 0 Å². The smallest absolute Gasteiger partial charge is 0.169 e. The van der Waals surface area contributed by atoms with Gasteiger partial charge in [-0.3, -0.25) is 0 Å². The first-order valence-electron chi connectivity index (χ1n) is 5.44. The highest BCUT2D eigenvalue weighted by Gasteiger charge is 2.37. The Labute approximate surface area is 89.3 Å². The minimum Gasteiger partial charge on any atom is -0.392 e. The number of likely N-dealkylation sites (tertiary alicyclic amines) is 1. The molecule has 1 unspecified atom stereocenters. The van der Waals surface area contributed by atoms with Gasteiger partial charge in [-0.25, -0.2) is 9.38 Å². The van der Waals surface area contributed by atoms with Gasteiger partial charge in [0.25, 0.3) is 0 Å². The zero-order valence-electron chi connectivity index (χ0n) is 9.04. The van der Waals surface area contributed by atoms with Gasteiger partial charge >= 0.3 is 0 Å². The maximum Gasteiger partial charge on any atom is 0.169 e. The zero-order chi connectivity index (χ0) is 10.9. The molecule has 2 rings (SSSR count). The highest BCUT2D eigenvalue weighted by Crippen LogP contribution is 2.29. The Kier molecular flexibility index (Phi) is 2.78. The topological polar surface area (TPSA) is 35.8 Å². The molecule has 0 aromatic heterocycles. The minimum atomic E-state index is -1.42. The van der Waals surface area contributed by atoms with E-state index in [-0.39, 0.29) is 13.0 Å². The number of hydrogen-bond acceptors (Lipinski definition) is 3. The second kappa shape index (κ2) is 3.93. The van der Waals surface area contributed by atoms with E-state index in [1.165, 1.54) is 0 Å². The second-order valence-corrected chi connectivity index (χ2v) is 4.47. The molecule has 4 heteroatoms. The molecule has 0 aromatic rings. The summed E-state index contributed by atoms with van der Waals surface area (Å²) in [5.41, 5.74) is -0.750. The Hall–Kier alpha value is -0.900. The van der Waals surface area contributed by atoms with Crippen LogP contribution in [-0.4, -0.2) is 41.2 Å². The Morgan fingerprint density at radius 2 is 2.20 bits per heavy atom. The summed E-state index contributed by atoms with van der Waals surface area (Å²) >= 11 is 0. The highest BCUT2D eigenvalue weighted by atomic mass is 19.1. The van der Waals surface area contributed by atoms with Crippen molar-refractivity contribution in [2.24, 2.45) is 4.99 Å². The molecule has 1 N–H and O–H groups in total. The first-order valence-corrected chi connectivity index (χ1v) is 5.44. The molecule has 2 aliphatic heterocycles. The summed E-state index contributed by atoms with van der Waals surface area (Å²) in [7, 11) is 0. The number of aliphatic imine (C=N–C) groups is 1. The predicted molar refractivity (Wildman–Crippen MR) is 57.5 cm³/mol. The lowest BCUT2D eigenvalue weighted by atomic mass is 9.95. The summed E-state index contributed by atoms with van der Waals surface area (Å²) < 4.78 is 14.3. The molecule has 2 heterocycles. The molecule has 1 saturated heterocycles. The zero-order valence-corrected chi connectivity index (χ0v) is 9.04. The first kappa shape index (κ1) is 10.6.